The number of nitrogens with one attached hydrogen (secondary N) is 1. The topological polar surface area (TPSA) is 108 Å². The molecule has 0 aliphatic rings. The van der Waals surface area contributed by atoms with Gasteiger partial charge in [-0.15, -0.1) is 4.40 Å². The minimum atomic E-state index is -3.87. The van der Waals surface area contributed by atoms with E-state index in [4.69, 9.17) is 18.9 Å². The molecule has 0 saturated carbocycles. The van der Waals surface area contributed by atoms with Crippen LogP contribution < -0.4 is 19.5 Å². The van der Waals surface area contributed by atoms with E-state index in [1.54, 1.807) is 42.6 Å². The number of halogens is 1. The van der Waals surface area contributed by atoms with E-state index in [0.29, 0.717) is 39.4 Å². The Labute approximate surface area is 232 Å². The highest BCUT2D eigenvalue weighted by atomic mass is 32.2. The van der Waals surface area contributed by atoms with E-state index in [-0.39, 0.29) is 30.4 Å². The van der Waals surface area contributed by atoms with Gasteiger partial charge in [0, 0.05) is 42.9 Å². The van der Waals surface area contributed by atoms with Crippen LogP contribution in [0.1, 0.15) is 17.5 Å². The average molecular weight is 568 g/mol. The van der Waals surface area contributed by atoms with Crippen molar-refractivity contribution in [1.29, 1.82) is 0 Å². The lowest BCUT2D eigenvalue weighted by molar-refractivity contribution is 0.207. The van der Waals surface area contributed by atoms with E-state index in [0.717, 1.165) is 5.56 Å². The van der Waals surface area contributed by atoms with Crippen LogP contribution >= 0.6 is 0 Å². The van der Waals surface area contributed by atoms with Gasteiger partial charge in [-0.1, -0.05) is 24.3 Å². The van der Waals surface area contributed by atoms with Gasteiger partial charge < -0.3 is 24.3 Å². The minimum Gasteiger partial charge on any atom is -0.493 e. The summed E-state index contributed by atoms with van der Waals surface area (Å²) in [5.41, 5.74) is 2.39. The molecule has 0 amide bonds. The second-order valence-electron chi connectivity index (χ2n) is 8.84. The molecular formula is C29H30FN3O6S. The smallest absolute Gasteiger partial charge is 0.258 e. The molecule has 11 heteroatoms. The predicted molar refractivity (Wildman–Crippen MR) is 153 cm³/mol. The van der Waals surface area contributed by atoms with Crippen molar-refractivity contribution in [2.75, 3.05) is 33.3 Å². The van der Waals surface area contributed by atoms with Crippen molar-refractivity contribution >= 4 is 32.4 Å². The zero-order chi connectivity index (χ0) is 28.7. The van der Waals surface area contributed by atoms with Crippen molar-refractivity contribution in [2.24, 2.45) is 4.40 Å². The number of sulfonamides is 1. The minimum absolute atomic E-state index is 0.0320. The molecule has 1 N–H and O–H groups in total. The van der Waals surface area contributed by atoms with Gasteiger partial charge in [0.1, 0.15) is 11.6 Å². The number of rotatable bonds is 11. The third-order valence-corrected chi connectivity index (χ3v) is 7.21. The maximum Gasteiger partial charge on any atom is 0.258 e. The number of hydrogen-bond donors (Lipinski definition) is 1. The van der Waals surface area contributed by atoms with E-state index in [1.807, 2.05) is 19.1 Å². The highest BCUT2D eigenvalue weighted by Crippen LogP contribution is 2.37. The van der Waals surface area contributed by atoms with E-state index >= 15 is 4.39 Å². The third-order valence-electron chi connectivity index (χ3n) is 6.04. The lowest BCUT2D eigenvalue weighted by atomic mass is 10.1. The molecule has 0 spiro atoms. The highest BCUT2D eigenvalue weighted by molar-refractivity contribution is 7.89. The molecule has 0 saturated heterocycles. The zero-order valence-electron chi connectivity index (χ0n) is 22.6. The maximum atomic E-state index is 15.2. The normalized spacial score (nSPS) is 11.9. The Kier molecular flexibility index (Phi) is 9.18. The SMILES string of the molecule is COCC/C(=N\S(=O)(=O)Cc1ccccc1C)Nc1ccc(Oc2ccnc3cc(OC)c(OC)cc23)c(F)c1. The lowest BCUT2D eigenvalue weighted by Crippen LogP contribution is -2.17. The summed E-state index contributed by atoms with van der Waals surface area (Å²) in [5, 5.41) is 3.52. The number of aromatic nitrogens is 1. The van der Waals surface area contributed by atoms with Crippen molar-refractivity contribution < 1.29 is 31.8 Å². The Bertz CT molecular complexity index is 1640. The number of nitrogens with zero attached hydrogens (tertiary/aromatic N) is 2. The highest BCUT2D eigenvalue weighted by Gasteiger charge is 2.16. The summed E-state index contributed by atoms with van der Waals surface area (Å²) in [6.07, 6.45) is 1.73. The second kappa shape index (κ2) is 12.8. The second-order valence-corrected chi connectivity index (χ2v) is 10.5. The summed E-state index contributed by atoms with van der Waals surface area (Å²) < 4.78 is 66.5. The Morgan fingerprint density at radius 2 is 1.70 bits per heavy atom. The van der Waals surface area contributed by atoms with E-state index in [1.165, 1.54) is 33.5 Å². The van der Waals surface area contributed by atoms with E-state index < -0.39 is 15.8 Å². The molecule has 9 nitrogen and oxygen atoms in total. The summed E-state index contributed by atoms with van der Waals surface area (Å²) in [5.74, 6) is 0.538. The Hall–Kier alpha value is -4.22. The van der Waals surface area contributed by atoms with Crippen molar-refractivity contribution in [3.63, 3.8) is 0 Å². The number of amidine groups is 1. The molecule has 0 radical (unpaired) electrons. The lowest BCUT2D eigenvalue weighted by Gasteiger charge is -2.14. The first-order valence-corrected chi connectivity index (χ1v) is 13.9. The fourth-order valence-corrected chi connectivity index (χ4v) is 5.24. The van der Waals surface area contributed by atoms with Crippen LogP contribution in [-0.4, -0.2) is 47.2 Å². The summed E-state index contributed by atoms with van der Waals surface area (Å²) in [6.45, 7) is 2.06. The number of pyridine rings is 1. The Morgan fingerprint density at radius 3 is 2.40 bits per heavy atom. The van der Waals surface area contributed by atoms with Crippen LogP contribution in [0.4, 0.5) is 10.1 Å². The number of benzene rings is 3. The number of fused-ring (bicyclic) bond motifs is 1. The van der Waals surface area contributed by atoms with Crippen LogP contribution in [0.5, 0.6) is 23.0 Å². The Balaban J connectivity index is 1.57. The molecule has 0 atom stereocenters. The molecule has 0 aliphatic carbocycles. The van der Waals surface area contributed by atoms with Gasteiger partial charge >= 0.3 is 0 Å². The van der Waals surface area contributed by atoms with Gasteiger partial charge in [0.25, 0.3) is 10.0 Å². The molecule has 0 unspecified atom stereocenters. The van der Waals surface area contributed by atoms with Gasteiger partial charge in [0.2, 0.25) is 0 Å². The van der Waals surface area contributed by atoms with Gasteiger partial charge in [-0.2, -0.15) is 0 Å². The largest absolute Gasteiger partial charge is 0.493 e. The number of ether oxygens (including phenoxy) is 4. The maximum absolute atomic E-state index is 15.2. The quantitative estimate of drug-likeness (QED) is 0.177. The number of hydrogen-bond acceptors (Lipinski definition) is 7. The van der Waals surface area contributed by atoms with Crippen LogP contribution in [0.15, 0.2) is 71.3 Å². The first-order chi connectivity index (χ1) is 19.2. The Morgan fingerprint density at radius 1 is 0.950 bits per heavy atom. The van der Waals surface area contributed by atoms with Gasteiger partial charge in [0.15, 0.2) is 23.1 Å². The molecule has 1 heterocycles. The third kappa shape index (κ3) is 7.04. The molecule has 0 fully saturated rings. The molecule has 40 heavy (non-hydrogen) atoms. The van der Waals surface area contributed by atoms with Gasteiger partial charge in [0.05, 0.1) is 32.1 Å². The summed E-state index contributed by atoms with van der Waals surface area (Å²) >= 11 is 0. The van der Waals surface area contributed by atoms with Gasteiger partial charge in [-0.25, -0.2) is 12.8 Å². The van der Waals surface area contributed by atoms with E-state index in [9.17, 15) is 8.42 Å². The molecule has 4 rings (SSSR count). The van der Waals surface area contributed by atoms with Crippen LogP contribution in [0, 0.1) is 12.7 Å². The van der Waals surface area contributed by atoms with E-state index in [2.05, 4.69) is 14.7 Å². The van der Waals surface area contributed by atoms with Gasteiger partial charge in [-0.3, -0.25) is 4.98 Å². The fourth-order valence-electron chi connectivity index (χ4n) is 3.98. The molecular weight excluding hydrogens is 537 g/mol. The molecule has 210 valence electrons. The molecule has 1 aromatic heterocycles. The molecule has 3 aromatic carbocycles. The van der Waals surface area contributed by atoms with Crippen LogP contribution in [-0.2, 0) is 20.5 Å². The van der Waals surface area contributed by atoms with Crippen LogP contribution in [0.2, 0.25) is 0 Å². The predicted octanol–water partition coefficient (Wildman–Crippen LogP) is 5.87. The summed E-state index contributed by atoms with van der Waals surface area (Å²) in [7, 11) is 0.674. The average Bonchev–Trinajstić information content (AvgIpc) is 2.93. The fraction of sp³-hybridized carbons (Fsp3) is 0.241. The monoisotopic (exact) mass is 567 g/mol. The van der Waals surface area contributed by atoms with Gasteiger partial charge in [-0.05, 0) is 42.3 Å². The van der Waals surface area contributed by atoms with Crippen LogP contribution in [0.25, 0.3) is 10.9 Å². The molecule has 4 aromatic rings. The van der Waals surface area contributed by atoms with Crippen molar-refractivity contribution in [3.05, 3.63) is 83.8 Å². The molecule has 0 bridgehead atoms. The standard InChI is InChI=1S/C29H30FN3O6S/c1-19-7-5-6-8-20(19)18-40(34,35)33-29(12-14-36-2)32-21-9-10-26(23(30)15-21)39-25-11-13-31-24-17-28(38-4)27(37-3)16-22(24)25/h5-11,13,15-17H,12,14,18H2,1-4H3,(H,32,33). The van der Waals surface area contributed by atoms with Crippen LogP contribution in [0.3, 0.4) is 0 Å². The van der Waals surface area contributed by atoms with Crippen molar-refractivity contribution in [2.45, 2.75) is 19.1 Å². The number of anilines is 1. The first kappa shape index (κ1) is 28.8. The van der Waals surface area contributed by atoms with Crippen molar-refractivity contribution in [1.82, 2.24) is 4.98 Å². The molecule has 0 aliphatic heterocycles. The summed E-state index contributed by atoms with van der Waals surface area (Å²) in [4.78, 5) is 4.33. The first-order valence-electron chi connectivity index (χ1n) is 12.3. The van der Waals surface area contributed by atoms with Crippen molar-refractivity contribution in [3.8, 4) is 23.0 Å². The number of aryl methyl sites for hydroxylation is 1. The summed E-state index contributed by atoms with van der Waals surface area (Å²) in [6, 6.07) is 16.5. The number of methoxy groups -OCH3 is 3. The zero-order valence-corrected chi connectivity index (χ0v) is 23.4.